The van der Waals surface area contributed by atoms with Gasteiger partial charge in [-0.2, -0.15) is 10.1 Å². The second-order valence-corrected chi connectivity index (χ2v) is 8.15. The van der Waals surface area contributed by atoms with Crippen LogP contribution >= 0.6 is 11.6 Å². The fourth-order valence-electron chi connectivity index (χ4n) is 4.01. The van der Waals surface area contributed by atoms with E-state index in [1.165, 1.54) is 5.56 Å². The standard InChI is InChI=1S/C22H21ClN4O/c1-14-2-4-15(5-3-14)19-12-20(16-8-10-18(23)11-9-16)27-22(24-13-25-27)26(19)21(28)17-6-7-17/h2-5,8-11,13,17,19-20H,6-7,12H2,1H3/t19-,20+/m1/s1. The second kappa shape index (κ2) is 6.74. The van der Waals surface area contributed by atoms with Crippen LogP contribution in [0.1, 0.15) is 48.0 Å². The number of halogens is 1. The Hall–Kier alpha value is -2.66. The van der Waals surface area contributed by atoms with Gasteiger partial charge in [0.2, 0.25) is 11.9 Å². The molecule has 3 aromatic rings. The van der Waals surface area contributed by atoms with Crippen molar-refractivity contribution in [3.05, 3.63) is 76.6 Å². The van der Waals surface area contributed by atoms with Crippen LogP contribution in [0.3, 0.4) is 0 Å². The van der Waals surface area contributed by atoms with Crippen molar-refractivity contribution in [2.75, 3.05) is 4.90 Å². The lowest BCUT2D eigenvalue weighted by atomic mass is 9.91. The molecule has 28 heavy (non-hydrogen) atoms. The average Bonchev–Trinajstić information content (AvgIpc) is 3.44. The van der Waals surface area contributed by atoms with E-state index < -0.39 is 0 Å². The van der Waals surface area contributed by atoms with Gasteiger partial charge in [0.15, 0.2) is 0 Å². The van der Waals surface area contributed by atoms with Crippen molar-refractivity contribution >= 4 is 23.5 Å². The molecule has 2 atom stereocenters. The van der Waals surface area contributed by atoms with E-state index in [1.807, 2.05) is 33.8 Å². The third-order valence-electron chi connectivity index (χ3n) is 5.70. The number of hydrogen-bond donors (Lipinski definition) is 0. The van der Waals surface area contributed by atoms with E-state index in [9.17, 15) is 4.79 Å². The SMILES string of the molecule is Cc1ccc([C@H]2C[C@@H](c3ccc(Cl)cc3)n3ncnc3N2C(=O)C2CC2)cc1. The van der Waals surface area contributed by atoms with Crippen LogP contribution in [0.5, 0.6) is 0 Å². The molecule has 2 aromatic carbocycles. The number of anilines is 1. The van der Waals surface area contributed by atoms with Gasteiger partial charge in [-0.25, -0.2) is 4.68 Å². The largest absolute Gasteiger partial charge is 0.274 e. The monoisotopic (exact) mass is 392 g/mol. The van der Waals surface area contributed by atoms with Crippen LogP contribution in [-0.2, 0) is 4.79 Å². The zero-order valence-corrected chi connectivity index (χ0v) is 16.4. The average molecular weight is 393 g/mol. The van der Waals surface area contributed by atoms with Crippen molar-refractivity contribution in [2.24, 2.45) is 5.92 Å². The molecule has 1 aliphatic heterocycles. The van der Waals surface area contributed by atoms with Crippen LogP contribution in [0.15, 0.2) is 54.9 Å². The Morgan fingerprint density at radius 1 is 1.00 bits per heavy atom. The highest BCUT2D eigenvalue weighted by Crippen LogP contribution is 2.44. The quantitative estimate of drug-likeness (QED) is 0.648. The summed E-state index contributed by atoms with van der Waals surface area (Å²) in [6.07, 6.45) is 4.22. The summed E-state index contributed by atoms with van der Waals surface area (Å²) in [6, 6.07) is 16.3. The lowest BCUT2D eigenvalue weighted by Gasteiger charge is -2.39. The zero-order valence-electron chi connectivity index (χ0n) is 15.6. The van der Waals surface area contributed by atoms with Gasteiger partial charge in [0.25, 0.3) is 0 Å². The smallest absolute Gasteiger partial charge is 0.233 e. The van der Waals surface area contributed by atoms with Crippen molar-refractivity contribution in [3.8, 4) is 0 Å². The molecule has 0 unspecified atom stereocenters. The number of aromatic nitrogens is 3. The Balaban J connectivity index is 1.62. The maximum Gasteiger partial charge on any atom is 0.233 e. The molecule has 1 aliphatic carbocycles. The van der Waals surface area contributed by atoms with E-state index in [-0.39, 0.29) is 23.9 Å². The van der Waals surface area contributed by atoms with Crippen LogP contribution in [0.2, 0.25) is 5.02 Å². The first-order valence-corrected chi connectivity index (χ1v) is 10.0. The molecule has 6 heteroatoms. The van der Waals surface area contributed by atoms with E-state index in [2.05, 4.69) is 41.3 Å². The summed E-state index contributed by atoms with van der Waals surface area (Å²) in [5.74, 6) is 0.910. The second-order valence-electron chi connectivity index (χ2n) is 7.72. The van der Waals surface area contributed by atoms with Gasteiger partial charge < -0.3 is 0 Å². The zero-order chi connectivity index (χ0) is 19.3. The number of carbonyl (C=O) groups excluding carboxylic acids is 1. The number of aryl methyl sites for hydroxylation is 1. The van der Waals surface area contributed by atoms with E-state index in [4.69, 9.17) is 11.6 Å². The fraction of sp³-hybridized carbons (Fsp3) is 0.318. The first-order chi connectivity index (χ1) is 13.6. The molecule has 0 saturated heterocycles. The van der Waals surface area contributed by atoms with Gasteiger partial charge in [-0.3, -0.25) is 9.69 Å². The number of rotatable bonds is 3. The predicted octanol–water partition coefficient (Wildman–Crippen LogP) is 4.72. The molecule has 142 valence electrons. The number of amides is 1. The Bertz CT molecular complexity index is 1010. The van der Waals surface area contributed by atoms with Gasteiger partial charge in [0, 0.05) is 10.9 Å². The number of carbonyl (C=O) groups is 1. The molecule has 2 heterocycles. The lowest BCUT2D eigenvalue weighted by molar-refractivity contribution is -0.120. The van der Waals surface area contributed by atoms with E-state index in [0.29, 0.717) is 11.0 Å². The number of hydrogen-bond acceptors (Lipinski definition) is 3. The molecule has 0 N–H and O–H groups in total. The third kappa shape index (κ3) is 3.00. The highest BCUT2D eigenvalue weighted by atomic mass is 35.5. The van der Waals surface area contributed by atoms with Crippen molar-refractivity contribution in [2.45, 2.75) is 38.3 Å². The van der Waals surface area contributed by atoms with Gasteiger partial charge >= 0.3 is 0 Å². The van der Waals surface area contributed by atoms with E-state index in [1.54, 1.807) is 6.33 Å². The molecule has 1 amide bonds. The van der Waals surface area contributed by atoms with Crippen LogP contribution < -0.4 is 4.90 Å². The van der Waals surface area contributed by atoms with Crippen LogP contribution in [-0.4, -0.2) is 20.7 Å². The molecule has 0 bridgehead atoms. The van der Waals surface area contributed by atoms with Crippen LogP contribution in [0.4, 0.5) is 5.95 Å². The highest BCUT2D eigenvalue weighted by molar-refractivity contribution is 6.30. The fourth-order valence-corrected chi connectivity index (χ4v) is 4.13. The molecule has 2 aliphatic rings. The Labute approximate surface area is 169 Å². The van der Waals surface area contributed by atoms with Gasteiger partial charge in [-0.05, 0) is 49.4 Å². The molecule has 1 aromatic heterocycles. The Kier molecular flexibility index (Phi) is 4.20. The summed E-state index contributed by atoms with van der Waals surface area (Å²) in [6.45, 7) is 2.07. The van der Waals surface area contributed by atoms with Crippen molar-refractivity contribution in [3.63, 3.8) is 0 Å². The maximum absolute atomic E-state index is 13.2. The first-order valence-electron chi connectivity index (χ1n) is 9.66. The Morgan fingerprint density at radius 2 is 1.64 bits per heavy atom. The maximum atomic E-state index is 13.2. The molecular weight excluding hydrogens is 372 g/mol. The van der Waals surface area contributed by atoms with E-state index in [0.717, 1.165) is 30.4 Å². The summed E-state index contributed by atoms with van der Waals surface area (Å²) >= 11 is 6.09. The molecular formula is C22H21ClN4O. The first kappa shape index (κ1) is 17.4. The molecule has 1 saturated carbocycles. The summed E-state index contributed by atoms with van der Waals surface area (Å²) < 4.78 is 1.88. The molecule has 5 rings (SSSR count). The number of benzene rings is 2. The molecule has 5 nitrogen and oxygen atoms in total. The van der Waals surface area contributed by atoms with Crippen LogP contribution in [0, 0.1) is 12.8 Å². The predicted molar refractivity (Wildman–Crippen MR) is 108 cm³/mol. The van der Waals surface area contributed by atoms with Gasteiger partial charge in [-0.15, -0.1) is 0 Å². The summed E-state index contributed by atoms with van der Waals surface area (Å²) in [5, 5.41) is 5.18. The molecule has 1 fully saturated rings. The summed E-state index contributed by atoms with van der Waals surface area (Å²) in [7, 11) is 0. The topological polar surface area (TPSA) is 51.0 Å². The third-order valence-corrected chi connectivity index (χ3v) is 5.96. The van der Waals surface area contributed by atoms with Gasteiger partial charge in [0.05, 0.1) is 12.1 Å². The summed E-state index contributed by atoms with van der Waals surface area (Å²) in [5.41, 5.74) is 3.46. The van der Waals surface area contributed by atoms with E-state index >= 15 is 0 Å². The minimum Gasteiger partial charge on any atom is -0.274 e. The van der Waals surface area contributed by atoms with Gasteiger partial charge in [0.1, 0.15) is 6.33 Å². The van der Waals surface area contributed by atoms with Crippen LogP contribution in [0.25, 0.3) is 0 Å². The highest BCUT2D eigenvalue weighted by Gasteiger charge is 2.44. The summed E-state index contributed by atoms with van der Waals surface area (Å²) in [4.78, 5) is 19.6. The van der Waals surface area contributed by atoms with Gasteiger partial charge in [-0.1, -0.05) is 53.6 Å². The number of fused-ring (bicyclic) bond motifs is 1. The molecule has 0 spiro atoms. The Morgan fingerprint density at radius 3 is 2.32 bits per heavy atom. The lowest BCUT2D eigenvalue weighted by Crippen LogP contribution is -2.43. The van der Waals surface area contributed by atoms with Crippen molar-refractivity contribution in [1.82, 2.24) is 14.8 Å². The number of nitrogens with zero attached hydrogens (tertiary/aromatic N) is 4. The minimum atomic E-state index is -0.0638. The minimum absolute atomic E-state index is 0.00400. The molecule has 0 radical (unpaired) electrons. The normalized spacial score (nSPS) is 21.4. The van der Waals surface area contributed by atoms with Crippen molar-refractivity contribution in [1.29, 1.82) is 0 Å². The van der Waals surface area contributed by atoms with Crippen molar-refractivity contribution < 1.29 is 4.79 Å².